The van der Waals surface area contributed by atoms with Crippen LogP contribution in [-0.4, -0.2) is 52.1 Å². The lowest BCUT2D eigenvalue weighted by Gasteiger charge is -2.27. The van der Waals surface area contributed by atoms with Crippen LogP contribution in [0.25, 0.3) is 0 Å². The van der Waals surface area contributed by atoms with Crippen LogP contribution in [0.15, 0.2) is 24.3 Å². The normalized spacial score (nSPS) is 12.8. The predicted molar refractivity (Wildman–Crippen MR) is 117 cm³/mol. The van der Waals surface area contributed by atoms with Crippen molar-refractivity contribution in [3.63, 3.8) is 0 Å². The zero-order valence-electron chi connectivity index (χ0n) is 19.4. The van der Waals surface area contributed by atoms with E-state index in [2.05, 4.69) is 5.43 Å². The molecule has 2 atom stereocenters. The topological polar surface area (TPSA) is 158 Å². The number of carbonyl (C=O) groups is 3. The molecule has 12 nitrogen and oxygen atoms in total. The van der Waals surface area contributed by atoms with Crippen LogP contribution in [-0.2, 0) is 9.47 Å². The molecule has 0 radical (unpaired) electrons. The Labute approximate surface area is 191 Å². The SMILES string of the molecule is CC[C@@H](C)C(CCN(NC(=O)OC(C)(C)C)C(=O)O)COC(=O)Oc1ccc([N+](=O)[O-])cc1. The monoisotopic (exact) mass is 469 g/mol. The lowest BCUT2D eigenvalue weighted by atomic mass is 9.89. The van der Waals surface area contributed by atoms with Gasteiger partial charge in [-0.1, -0.05) is 20.3 Å². The summed E-state index contributed by atoms with van der Waals surface area (Å²) in [6.45, 7) is 8.76. The minimum absolute atomic E-state index is 0.0410. The Morgan fingerprint density at radius 2 is 1.82 bits per heavy atom. The van der Waals surface area contributed by atoms with Crippen molar-refractivity contribution >= 4 is 24.0 Å². The number of carbonyl (C=O) groups excluding carboxylic acids is 2. The Morgan fingerprint density at radius 3 is 2.30 bits per heavy atom. The zero-order chi connectivity index (χ0) is 25.2. The molecule has 2 N–H and O–H groups in total. The van der Waals surface area contributed by atoms with Gasteiger partial charge in [-0.05, 0) is 51.2 Å². The number of rotatable bonds is 9. The number of nitrogens with one attached hydrogen (secondary N) is 1. The number of non-ortho nitro benzene ring substituents is 1. The van der Waals surface area contributed by atoms with Crippen molar-refractivity contribution in [1.82, 2.24) is 10.4 Å². The zero-order valence-corrected chi connectivity index (χ0v) is 19.4. The Kier molecular flexibility index (Phi) is 10.4. The van der Waals surface area contributed by atoms with Gasteiger partial charge >= 0.3 is 18.3 Å². The van der Waals surface area contributed by atoms with E-state index >= 15 is 0 Å². The van der Waals surface area contributed by atoms with Gasteiger partial charge in [-0.2, -0.15) is 0 Å². The fourth-order valence-electron chi connectivity index (χ4n) is 2.71. The molecule has 0 saturated heterocycles. The minimum Gasteiger partial charge on any atom is -0.464 e. The first-order valence-electron chi connectivity index (χ1n) is 10.4. The van der Waals surface area contributed by atoms with Gasteiger partial charge in [0.2, 0.25) is 0 Å². The molecule has 0 spiro atoms. The van der Waals surface area contributed by atoms with E-state index in [0.29, 0.717) is 6.42 Å². The second-order valence-corrected chi connectivity index (χ2v) is 8.40. The van der Waals surface area contributed by atoms with Gasteiger partial charge in [-0.15, -0.1) is 0 Å². The second kappa shape index (κ2) is 12.5. The number of nitro benzene ring substituents is 1. The van der Waals surface area contributed by atoms with E-state index in [1.54, 1.807) is 20.8 Å². The Balaban J connectivity index is 2.65. The van der Waals surface area contributed by atoms with Gasteiger partial charge < -0.3 is 19.3 Å². The van der Waals surface area contributed by atoms with E-state index < -0.39 is 28.9 Å². The van der Waals surface area contributed by atoms with Gasteiger partial charge in [0.05, 0.1) is 11.5 Å². The fourth-order valence-corrected chi connectivity index (χ4v) is 2.71. The molecule has 1 aromatic rings. The number of amides is 2. The molecule has 184 valence electrons. The Morgan fingerprint density at radius 1 is 1.21 bits per heavy atom. The summed E-state index contributed by atoms with van der Waals surface area (Å²) in [5.74, 6) is -0.0552. The molecule has 0 aromatic heterocycles. The smallest absolute Gasteiger partial charge is 0.464 e. The van der Waals surface area contributed by atoms with Gasteiger partial charge in [-0.25, -0.2) is 24.8 Å². The highest BCUT2D eigenvalue weighted by molar-refractivity contribution is 5.73. The summed E-state index contributed by atoms with van der Waals surface area (Å²) in [6, 6.07) is 4.95. The summed E-state index contributed by atoms with van der Waals surface area (Å²) in [5, 5.41) is 20.8. The molecule has 0 bridgehead atoms. The van der Waals surface area contributed by atoms with Crippen LogP contribution in [0, 0.1) is 22.0 Å². The number of carboxylic acid groups (broad SMARTS) is 1. The summed E-state index contributed by atoms with van der Waals surface area (Å²) in [5.41, 5.74) is 1.26. The van der Waals surface area contributed by atoms with Crippen molar-refractivity contribution in [3.8, 4) is 5.75 Å². The summed E-state index contributed by atoms with van der Waals surface area (Å²) >= 11 is 0. The van der Waals surface area contributed by atoms with Crippen molar-refractivity contribution in [1.29, 1.82) is 0 Å². The van der Waals surface area contributed by atoms with Gasteiger partial charge in [0.1, 0.15) is 11.4 Å². The van der Waals surface area contributed by atoms with Crippen LogP contribution in [0.3, 0.4) is 0 Å². The van der Waals surface area contributed by atoms with Crippen molar-refractivity contribution in [3.05, 3.63) is 34.4 Å². The van der Waals surface area contributed by atoms with Crippen molar-refractivity contribution < 1.29 is 38.6 Å². The Bertz CT molecular complexity index is 821. The maximum atomic E-state index is 12.0. The first-order chi connectivity index (χ1) is 15.3. The lowest BCUT2D eigenvalue weighted by molar-refractivity contribution is -0.384. The van der Waals surface area contributed by atoms with E-state index in [-0.39, 0.29) is 36.4 Å². The molecular formula is C21H31N3O9. The van der Waals surface area contributed by atoms with Crippen molar-refractivity contribution in [2.45, 2.75) is 53.1 Å². The third kappa shape index (κ3) is 10.5. The number of ether oxygens (including phenoxy) is 3. The molecule has 2 amide bonds. The number of nitro groups is 1. The molecular weight excluding hydrogens is 438 g/mol. The number of benzene rings is 1. The molecule has 0 saturated carbocycles. The van der Waals surface area contributed by atoms with Crippen LogP contribution < -0.4 is 10.2 Å². The molecule has 1 unspecified atom stereocenters. The predicted octanol–water partition coefficient (Wildman–Crippen LogP) is 4.58. The average molecular weight is 469 g/mol. The first kappa shape index (κ1) is 27.5. The highest BCUT2D eigenvalue weighted by Gasteiger charge is 2.24. The summed E-state index contributed by atoms with van der Waals surface area (Å²) in [7, 11) is 0. The molecule has 33 heavy (non-hydrogen) atoms. The molecule has 0 aliphatic rings. The standard InChI is InChI=1S/C21H31N3O9/c1-6-14(2)15(11-12-23(19(26)27)22-18(25)33-21(3,4)5)13-31-20(28)32-17-9-7-16(8-10-17)24(29)30/h7-10,14-15H,6,11-13H2,1-5H3,(H,22,25)(H,26,27)/t14-,15?/m1/s1. The molecule has 1 rings (SSSR count). The summed E-state index contributed by atoms with van der Waals surface area (Å²) < 4.78 is 15.3. The van der Waals surface area contributed by atoms with Crippen LogP contribution in [0.5, 0.6) is 5.75 Å². The molecule has 1 aromatic carbocycles. The fraction of sp³-hybridized carbons (Fsp3) is 0.571. The minimum atomic E-state index is -1.36. The average Bonchev–Trinajstić information content (AvgIpc) is 2.71. The quantitative estimate of drug-likeness (QED) is 0.228. The second-order valence-electron chi connectivity index (χ2n) is 8.40. The van der Waals surface area contributed by atoms with Gasteiger partial charge in [0, 0.05) is 18.7 Å². The Hall–Kier alpha value is -3.57. The molecule has 0 fully saturated rings. The maximum Gasteiger partial charge on any atom is 0.513 e. The number of nitrogens with zero attached hydrogens (tertiary/aromatic N) is 2. The van der Waals surface area contributed by atoms with Crippen LogP contribution in [0.1, 0.15) is 47.5 Å². The molecule has 12 heteroatoms. The molecule has 0 aliphatic heterocycles. The van der Waals surface area contributed by atoms with Gasteiger partial charge in [0.25, 0.3) is 5.69 Å². The van der Waals surface area contributed by atoms with Crippen molar-refractivity contribution in [2.75, 3.05) is 13.2 Å². The van der Waals surface area contributed by atoms with Crippen LogP contribution in [0.2, 0.25) is 0 Å². The van der Waals surface area contributed by atoms with Crippen molar-refractivity contribution in [2.24, 2.45) is 11.8 Å². The van der Waals surface area contributed by atoms with E-state index in [1.807, 2.05) is 13.8 Å². The summed E-state index contributed by atoms with van der Waals surface area (Å²) in [4.78, 5) is 45.5. The third-order valence-corrected chi connectivity index (χ3v) is 4.69. The van der Waals surface area contributed by atoms with Gasteiger partial charge in [-0.3, -0.25) is 10.1 Å². The third-order valence-electron chi connectivity index (χ3n) is 4.69. The number of hydrogen-bond acceptors (Lipinski definition) is 8. The van der Waals surface area contributed by atoms with E-state index in [0.717, 1.165) is 11.4 Å². The first-order valence-corrected chi connectivity index (χ1v) is 10.4. The van der Waals surface area contributed by atoms with Gasteiger partial charge in [0.15, 0.2) is 0 Å². The molecule has 0 heterocycles. The maximum absolute atomic E-state index is 12.0. The van der Waals surface area contributed by atoms with E-state index in [4.69, 9.17) is 14.2 Å². The van der Waals surface area contributed by atoms with E-state index in [1.165, 1.54) is 24.3 Å². The van der Waals surface area contributed by atoms with Crippen LogP contribution in [0.4, 0.5) is 20.1 Å². The van der Waals surface area contributed by atoms with Crippen LogP contribution >= 0.6 is 0 Å². The highest BCUT2D eigenvalue weighted by Crippen LogP contribution is 2.21. The molecule has 0 aliphatic carbocycles. The summed E-state index contributed by atoms with van der Waals surface area (Å²) in [6.07, 6.45) is -2.20. The number of hydrazine groups is 1. The van der Waals surface area contributed by atoms with E-state index in [9.17, 15) is 29.6 Å². The highest BCUT2D eigenvalue weighted by atomic mass is 16.7. The number of hydrogen-bond donors (Lipinski definition) is 2. The largest absolute Gasteiger partial charge is 0.513 e. The lowest BCUT2D eigenvalue weighted by Crippen LogP contribution is -2.48.